The van der Waals surface area contributed by atoms with E-state index in [-0.39, 0.29) is 17.4 Å². The minimum Gasteiger partial charge on any atom is -0.348 e. The van der Waals surface area contributed by atoms with E-state index in [0.717, 1.165) is 31.0 Å². The van der Waals surface area contributed by atoms with E-state index >= 15 is 0 Å². The van der Waals surface area contributed by atoms with Crippen LogP contribution in [-0.2, 0) is 6.18 Å². The minimum atomic E-state index is -4.68. The molecule has 0 atom stereocenters. The summed E-state index contributed by atoms with van der Waals surface area (Å²) in [6.07, 6.45) is -1.52. The quantitative estimate of drug-likeness (QED) is 0.668. The van der Waals surface area contributed by atoms with Gasteiger partial charge in [-0.15, -0.1) is 0 Å². The number of rotatable bonds is 5. The van der Waals surface area contributed by atoms with Crippen molar-refractivity contribution >= 4 is 17.5 Å². The lowest BCUT2D eigenvalue weighted by molar-refractivity contribution is -0.141. The average Bonchev–Trinajstić information content (AvgIpc) is 3.44. The molecule has 2 N–H and O–H groups in total. The van der Waals surface area contributed by atoms with Crippen LogP contribution in [-0.4, -0.2) is 32.6 Å². The van der Waals surface area contributed by atoms with E-state index < -0.39 is 29.4 Å². The van der Waals surface area contributed by atoms with Gasteiger partial charge < -0.3 is 10.6 Å². The lowest BCUT2D eigenvalue weighted by Crippen LogP contribution is -2.27. The van der Waals surface area contributed by atoms with Gasteiger partial charge in [-0.3, -0.25) is 9.59 Å². The van der Waals surface area contributed by atoms with Crippen molar-refractivity contribution in [2.75, 3.05) is 5.32 Å². The highest BCUT2D eigenvalue weighted by Crippen LogP contribution is 2.28. The maximum Gasteiger partial charge on any atom is 0.433 e. The Bertz CT molecular complexity index is 1090. The fraction of sp³-hybridized carbons (Fsp3) is 0.200. The molecule has 1 aromatic carbocycles. The molecule has 0 unspecified atom stereocenters. The lowest BCUT2D eigenvalue weighted by atomic mass is 10.2. The Hall–Kier alpha value is -3.69. The van der Waals surface area contributed by atoms with Crippen LogP contribution >= 0.6 is 0 Å². The second kappa shape index (κ2) is 7.62. The molecule has 1 fully saturated rings. The molecule has 154 valence electrons. The number of amides is 2. The second-order valence-electron chi connectivity index (χ2n) is 6.78. The number of carbonyl (C=O) groups excluding carboxylic acids is 2. The van der Waals surface area contributed by atoms with Crippen LogP contribution < -0.4 is 10.6 Å². The van der Waals surface area contributed by atoms with Gasteiger partial charge in [-0.2, -0.15) is 18.3 Å². The maximum atomic E-state index is 12.9. The molecule has 0 saturated heterocycles. The third-order valence-corrected chi connectivity index (χ3v) is 4.38. The Labute approximate surface area is 168 Å². The Morgan fingerprint density at radius 2 is 1.73 bits per heavy atom. The molecule has 30 heavy (non-hydrogen) atoms. The maximum absolute atomic E-state index is 12.9. The number of anilines is 1. The first-order chi connectivity index (χ1) is 14.3. The third-order valence-electron chi connectivity index (χ3n) is 4.38. The molecule has 7 nitrogen and oxygen atoms in total. The lowest BCUT2D eigenvalue weighted by Gasteiger charge is -2.08. The molecule has 0 radical (unpaired) electrons. The number of aromatic nitrogens is 3. The van der Waals surface area contributed by atoms with E-state index in [0.29, 0.717) is 5.69 Å². The topological polar surface area (TPSA) is 88.9 Å². The van der Waals surface area contributed by atoms with E-state index in [9.17, 15) is 22.8 Å². The van der Waals surface area contributed by atoms with Gasteiger partial charge in [0.25, 0.3) is 11.8 Å². The highest BCUT2D eigenvalue weighted by atomic mass is 19.4. The summed E-state index contributed by atoms with van der Waals surface area (Å²) in [5, 5.41) is 9.50. The number of hydrogen-bond acceptors (Lipinski definition) is 4. The zero-order chi connectivity index (χ0) is 21.3. The van der Waals surface area contributed by atoms with Gasteiger partial charge in [-0.1, -0.05) is 24.3 Å². The second-order valence-corrected chi connectivity index (χ2v) is 6.78. The number of halogens is 3. The van der Waals surface area contributed by atoms with E-state index in [1.165, 1.54) is 10.9 Å². The van der Waals surface area contributed by atoms with Crippen molar-refractivity contribution in [3.8, 4) is 5.69 Å². The molecular formula is C20H16F3N5O2. The number of carbonyl (C=O) groups is 2. The van der Waals surface area contributed by atoms with Gasteiger partial charge in [0.05, 0.1) is 17.6 Å². The molecule has 2 heterocycles. The molecular weight excluding hydrogens is 399 g/mol. The summed E-state index contributed by atoms with van der Waals surface area (Å²) >= 11 is 0. The van der Waals surface area contributed by atoms with Crippen LogP contribution in [0.4, 0.5) is 18.9 Å². The fourth-order valence-corrected chi connectivity index (χ4v) is 2.73. The standard InChI is InChI=1S/C20H16F3N5O2/c21-20(22,23)16-8-4-7-14(25-16)18(29)26-15-11-28(13-5-2-1-3-6-13)27-17(15)19(30)24-12-9-10-12/h1-8,11-12H,9-10H2,(H,24,30)(H,26,29). The molecule has 1 aliphatic rings. The predicted molar refractivity (Wildman–Crippen MR) is 101 cm³/mol. The summed E-state index contributed by atoms with van der Waals surface area (Å²) in [6, 6.07) is 12.0. The van der Waals surface area contributed by atoms with E-state index in [1.807, 2.05) is 6.07 Å². The first kappa shape index (κ1) is 19.6. The minimum absolute atomic E-state index is 0.0360. The van der Waals surface area contributed by atoms with Gasteiger partial charge in [0.15, 0.2) is 5.69 Å². The van der Waals surface area contributed by atoms with Gasteiger partial charge in [-0.05, 0) is 37.1 Å². The highest BCUT2D eigenvalue weighted by molar-refractivity contribution is 6.07. The van der Waals surface area contributed by atoms with Crippen molar-refractivity contribution < 1.29 is 22.8 Å². The molecule has 3 aromatic rings. The number of nitrogens with one attached hydrogen (secondary N) is 2. The SMILES string of the molecule is O=C(Nc1cn(-c2ccccc2)nc1C(=O)NC1CC1)c1cccc(C(F)(F)F)n1. The van der Waals surface area contributed by atoms with Crippen LogP contribution in [0.15, 0.2) is 54.7 Å². The van der Waals surface area contributed by atoms with Crippen LogP contribution in [0.25, 0.3) is 5.69 Å². The Kier molecular flexibility index (Phi) is 4.98. The predicted octanol–water partition coefficient (Wildman–Crippen LogP) is 3.43. The summed E-state index contributed by atoms with van der Waals surface area (Å²) in [5.41, 5.74) is -0.921. The summed E-state index contributed by atoms with van der Waals surface area (Å²) in [7, 11) is 0. The number of hydrogen-bond donors (Lipinski definition) is 2. The van der Waals surface area contributed by atoms with Crippen LogP contribution in [0, 0.1) is 0 Å². The summed E-state index contributed by atoms with van der Waals surface area (Å²) in [5.74, 6) is -1.35. The summed E-state index contributed by atoms with van der Waals surface area (Å²) in [6.45, 7) is 0. The Morgan fingerprint density at radius 3 is 2.40 bits per heavy atom. The monoisotopic (exact) mass is 415 g/mol. The van der Waals surface area contributed by atoms with Gasteiger partial charge in [0, 0.05) is 6.04 Å². The highest BCUT2D eigenvalue weighted by Gasteiger charge is 2.33. The molecule has 1 aliphatic carbocycles. The zero-order valence-electron chi connectivity index (χ0n) is 15.5. The Morgan fingerprint density at radius 1 is 1.00 bits per heavy atom. The molecule has 0 aliphatic heterocycles. The first-order valence-electron chi connectivity index (χ1n) is 9.13. The number of para-hydroxylation sites is 1. The smallest absolute Gasteiger partial charge is 0.348 e. The largest absolute Gasteiger partial charge is 0.433 e. The van der Waals surface area contributed by atoms with Crippen molar-refractivity contribution in [3.05, 3.63) is 71.8 Å². The fourth-order valence-electron chi connectivity index (χ4n) is 2.73. The van der Waals surface area contributed by atoms with E-state index in [2.05, 4.69) is 20.7 Å². The van der Waals surface area contributed by atoms with Gasteiger partial charge in [0.1, 0.15) is 11.4 Å². The summed E-state index contributed by atoms with van der Waals surface area (Å²) < 4.78 is 40.1. The molecule has 1 saturated carbocycles. The molecule has 2 amide bonds. The normalized spacial score (nSPS) is 13.7. The Balaban J connectivity index is 1.64. The van der Waals surface area contributed by atoms with Crippen LogP contribution in [0.3, 0.4) is 0 Å². The van der Waals surface area contributed by atoms with E-state index in [1.54, 1.807) is 24.3 Å². The zero-order valence-corrected chi connectivity index (χ0v) is 15.5. The summed E-state index contributed by atoms with van der Waals surface area (Å²) in [4.78, 5) is 28.5. The molecule has 10 heteroatoms. The van der Waals surface area contributed by atoms with Crippen molar-refractivity contribution in [2.24, 2.45) is 0 Å². The van der Waals surface area contributed by atoms with Crippen molar-refractivity contribution in [1.82, 2.24) is 20.1 Å². The number of pyridine rings is 1. The third kappa shape index (κ3) is 4.32. The average molecular weight is 415 g/mol. The van der Waals surface area contributed by atoms with Crippen molar-refractivity contribution in [2.45, 2.75) is 25.1 Å². The van der Waals surface area contributed by atoms with Gasteiger partial charge >= 0.3 is 6.18 Å². The van der Waals surface area contributed by atoms with Crippen molar-refractivity contribution in [1.29, 1.82) is 0 Å². The van der Waals surface area contributed by atoms with Crippen LogP contribution in [0.5, 0.6) is 0 Å². The van der Waals surface area contributed by atoms with E-state index in [4.69, 9.17) is 0 Å². The molecule has 0 bridgehead atoms. The number of alkyl halides is 3. The molecule has 0 spiro atoms. The molecule has 2 aromatic heterocycles. The first-order valence-corrected chi connectivity index (χ1v) is 9.13. The van der Waals surface area contributed by atoms with Crippen LogP contribution in [0.2, 0.25) is 0 Å². The van der Waals surface area contributed by atoms with Gasteiger partial charge in [-0.25, -0.2) is 9.67 Å². The number of benzene rings is 1. The van der Waals surface area contributed by atoms with Gasteiger partial charge in [0.2, 0.25) is 0 Å². The van der Waals surface area contributed by atoms with Crippen molar-refractivity contribution in [3.63, 3.8) is 0 Å². The molecule has 4 rings (SSSR count). The van der Waals surface area contributed by atoms with Crippen LogP contribution in [0.1, 0.15) is 39.5 Å². The number of nitrogens with zero attached hydrogens (tertiary/aromatic N) is 3.